The molecule has 0 saturated heterocycles. The number of anilines is 4. The molecule has 8 aromatic heterocycles. The van der Waals surface area contributed by atoms with Crippen LogP contribution >= 0.6 is 22.7 Å². The molecule has 13 rings (SSSR count). The summed E-state index contributed by atoms with van der Waals surface area (Å²) in [6, 6.07) is 33.2. The van der Waals surface area contributed by atoms with Crippen molar-refractivity contribution in [1.29, 1.82) is 0 Å². The number of rotatable bonds is 9. The first-order valence-electron chi connectivity index (χ1n) is 20.4. The fourth-order valence-corrected chi connectivity index (χ4v) is 10.5. The molecule has 292 valence electrons. The van der Waals surface area contributed by atoms with E-state index in [9.17, 15) is 0 Å². The molecular formula is C48H33N11S2. The molecule has 13 heteroatoms. The lowest BCUT2D eigenvalue weighted by Crippen LogP contribution is -1.99. The number of nitrogens with zero attached hydrogens (tertiary/aromatic N) is 8. The van der Waals surface area contributed by atoms with Crippen LogP contribution in [0.15, 0.2) is 122 Å². The third kappa shape index (κ3) is 6.23. The number of hydrogen-bond donors (Lipinski definition) is 3. The van der Waals surface area contributed by atoms with Crippen molar-refractivity contribution in [2.45, 2.75) is 37.5 Å². The van der Waals surface area contributed by atoms with Gasteiger partial charge in [-0.3, -0.25) is 20.1 Å². The summed E-state index contributed by atoms with van der Waals surface area (Å²) in [6.07, 6.45) is 12.2. The number of para-hydroxylation sites is 1. The van der Waals surface area contributed by atoms with Crippen LogP contribution in [0, 0.1) is 0 Å². The average Bonchev–Trinajstić information content (AvgIpc) is 4.18. The van der Waals surface area contributed by atoms with Crippen LogP contribution in [0.2, 0.25) is 0 Å². The van der Waals surface area contributed by atoms with E-state index in [4.69, 9.17) is 29.9 Å². The summed E-state index contributed by atoms with van der Waals surface area (Å²) in [5, 5.41) is 19.9. The van der Waals surface area contributed by atoms with E-state index in [1.54, 1.807) is 35.1 Å². The maximum absolute atomic E-state index is 5.25. The van der Waals surface area contributed by atoms with Gasteiger partial charge in [-0.05, 0) is 105 Å². The van der Waals surface area contributed by atoms with Crippen molar-refractivity contribution < 1.29 is 0 Å². The number of thiazole rings is 2. The van der Waals surface area contributed by atoms with Crippen molar-refractivity contribution in [2.24, 2.45) is 0 Å². The van der Waals surface area contributed by atoms with Gasteiger partial charge in [-0.2, -0.15) is 5.10 Å². The molecule has 3 aromatic carbocycles. The summed E-state index contributed by atoms with van der Waals surface area (Å²) in [4.78, 5) is 35.0. The fourth-order valence-electron chi connectivity index (χ4n) is 8.17. The smallest absolute Gasteiger partial charge is 0.140 e. The number of aromatic nitrogens is 9. The van der Waals surface area contributed by atoms with Gasteiger partial charge in [-0.1, -0.05) is 18.2 Å². The Balaban J connectivity index is 0.899. The van der Waals surface area contributed by atoms with Gasteiger partial charge in [0.1, 0.15) is 17.3 Å². The quantitative estimate of drug-likeness (QED) is 0.129. The first-order chi connectivity index (χ1) is 30.1. The van der Waals surface area contributed by atoms with Crippen LogP contribution < -0.4 is 10.6 Å². The average molecular weight is 828 g/mol. The Morgan fingerprint density at radius 2 is 1.26 bits per heavy atom. The van der Waals surface area contributed by atoms with Crippen LogP contribution in [0.1, 0.15) is 47.5 Å². The molecule has 0 unspecified atom stereocenters. The van der Waals surface area contributed by atoms with E-state index in [-0.39, 0.29) is 0 Å². The Hall–Kier alpha value is -7.22. The molecule has 0 spiro atoms. The summed E-state index contributed by atoms with van der Waals surface area (Å²) in [5.74, 6) is 2.61. The highest BCUT2D eigenvalue weighted by molar-refractivity contribution is 7.19. The summed E-state index contributed by atoms with van der Waals surface area (Å²) in [6.45, 7) is 0. The van der Waals surface area contributed by atoms with E-state index in [1.165, 1.54) is 40.4 Å². The Morgan fingerprint density at radius 3 is 2.03 bits per heavy atom. The molecule has 11 aromatic rings. The molecular weight excluding hydrogens is 795 g/mol. The number of benzene rings is 3. The van der Waals surface area contributed by atoms with E-state index in [0.717, 1.165) is 99.4 Å². The van der Waals surface area contributed by atoms with Gasteiger partial charge in [0.15, 0.2) is 0 Å². The first-order valence-corrected chi connectivity index (χ1v) is 22.1. The molecule has 3 N–H and O–H groups in total. The van der Waals surface area contributed by atoms with Crippen molar-refractivity contribution in [3.63, 3.8) is 0 Å². The zero-order chi connectivity index (χ0) is 40.0. The maximum atomic E-state index is 5.25. The minimum atomic E-state index is 0.528. The highest BCUT2D eigenvalue weighted by Crippen LogP contribution is 2.47. The highest BCUT2D eigenvalue weighted by Gasteiger charge is 2.29. The number of aromatic amines is 1. The monoisotopic (exact) mass is 827 g/mol. The van der Waals surface area contributed by atoms with Gasteiger partial charge in [-0.25, -0.2) is 19.9 Å². The molecule has 2 aliphatic carbocycles. The number of pyridine rings is 5. The van der Waals surface area contributed by atoms with Gasteiger partial charge in [0.2, 0.25) is 0 Å². The molecule has 2 saturated carbocycles. The van der Waals surface area contributed by atoms with E-state index < -0.39 is 0 Å². The van der Waals surface area contributed by atoms with Crippen LogP contribution in [0.4, 0.5) is 23.0 Å². The number of H-pyrrole nitrogens is 1. The molecule has 11 nitrogen and oxygen atoms in total. The molecule has 0 aliphatic heterocycles. The predicted molar refractivity (Wildman–Crippen MR) is 246 cm³/mol. The molecule has 0 bridgehead atoms. The molecule has 8 heterocycles. The van der Waals surface area contributed by atoms with E-state index >= 15 is 0 Å². The number of fused-ring (bicyclic) bond motifs is 5. The molecule has 2 fully saturated rings. The van der Waals surface area contributed by atoms with Crippen LogP contribution in [0.5, 0.6) is 0 Å². The third-order valence-corrected chi connectivity index (χ3v) is 13.9. The van der Waals surface area contributed by atoms with Crippen LogP contribution in [0.25, 0.3) is 86.9 Å². The zero-order valence-corrected chi connectivity index (χ0v) is 34.1. The second-order valence-corrected chi connectivity index (χ2v) is 18.0. The molecule has 2 aliphatic rings. The first kappa shape index (κ1) is 34.6. The minimum absolute atomic E-state index is 0.528. The van der Waals surface area contributed by atoms with Gasteiger partial charge in [0, 0.05) is 80.8 Å². The summed E-state index contributed by atoms with van der Waals surface area (Å²) < 4.78 is 2.30. The maximum Gasteiger partial charge on any atom is 0.140 e. The summed E-state index contributed by atoms with van der Waals surface area (Å²) in [7, 11) is 0. The van der Waals surface area contributed by atoms with Gasteiger partial charge < -0.3 is 10.6 Å². The molecule has 0 atom stereocenters. The van der Waals surface area contributed by atoms with Gasteiger partial charge in [0.05, 0.1) is 58.4 Å². The van der Waals surface area contributed by atoms with Crippen molar-refractivity contribution in [3.8, 4) is 33.8 Å². The highest BCUT2D eigenvalue weighted by atomic mass is 32.1. The molecule has 0 radical (unpaired) electrons. The number of hydrogen-bond acceptors (Lipinski definition) is 12. The van der Waals surface area contributed by atoms with Crippen molar-refractivity contribution >= 4 is 98.8 Å². The van der Waals surface area contributed by atoms with Gasteiger partial charge in [-0.15, -0.1) is 22.7 Å². The largest absolute Gasteiger partial charge is 0.340 e. The fraction of sp³-hybridized carbons (Fsp3) is 0.125. The lowest BCUT2D eigenvalue weighted by atomic mass is 10.0. The Labute approximate surface area is 356 Å². The van der Waals surface area contributed by atoms with E-state index in [0.29, 0.717) is 17.7 Å². The Bertz CT molecular complexity index is 3530. The van der Waals surface area contributed by atoms with E-state index in [2.05, 4.69) is 92.5 Å². The summed E-state index contributed by atoms with van der Waals surface area (Å²) in [5.41, 5.74) is 11.7. The second kappa shape index (κ2) is 13.7. The standard InChI is InChI=1S/C48H33N11S2/c1-4-27-18-28(34-19-30(21-42-44(34)58-48(61-42)26-10-11-26)54-46-33-7-3-16-50-38(33)23-40(56-46)35-14-17-52-59-35)24-51-43(27)31(5-1)39-22-37-32(6-2-15-49-37)45(55-39)53-29-12-13-36-41(20-29)60-47(57-36)25-8-9-25/h1-7,12-26H,8-11H2,(H,52,59)(H,53,55)(H,54,56). The van der Waals surface area contributed by atoms with E-state index in [1.807, 2.05) is 42.7 Å². The number of nitrogens with one attached hydrogen (secondary N) is 3. The van der Waals surface area contributed by atoms with Crippen LogP contribution in [0.3, 0.4) is 0 Å². The topological polar surface area (TPSA) is 143 Å². The van der Waals surface area contributed by atoms with Gasteiger partial charge >= 0.3 is 0 Å². The molecule has 61 heavy (non-hydrogen) atoms. The summed E-state index contributed by atoms with van der Waals surface area (Å²) >= 11 is 3.57. The SMILES string of the molecule is c1cc(-c2cc3ncccc3c(Nc3ccc4nc(C5CC5)sc4c3)n2)c2ncc(-c3cc(Nc4nc(-c5cc[nH]n5)cc5ncccc45)cc4sc(C5CC5)nc34)cc2c1. The van der Waals surface area contributed by atoms with Crippen LogP contribution in [-0.4, -0.2) is 45.1 Å². The lowest BCUT2D eigenvalue weighted by molar-refractivity contribution is 1.09. The second-order valence-electron chi connectivity index (χ2n) is 15.9. The van der Waals surface area contributed by atoms with Crippen LogP contribution in [-0.2, 0) is 0 Å². The normalized spacial score (nSPS) is 14.2. The van der Waals surface area contributed by atoms with Crippen molar-refractivity contribution in [1.82, 2.24) is 45.1 Å². The Morgan fingerprint density at radius 1 is 0.541 bits per heavy atom. The minimum Gasteiger partial charge on any atom is -0.340 e. The lowest BCUT2D eigenvalue weighted by Gasteiger charge is -2.14. The Kier molecular flexibility index (Phi) is 7.75. The zero-order valence-electron chi connectivity index (χ0n) is 32.4. The van der Waals surface area contributed by atoms with Gasteiger partial charge in [0.25, 0.3) is 0 Å². The third-order valence-electron chi connectivity index (χ3n) is 11.6. The van der Waals surface area contributed by atoms with Crippen molar-refractivity contribution in [2.75, 3.05) is 10.6 Å². The molecule has 0 amide bonds. The van der Waals surface area contributed by atoms with Crippen molar-refractivity contribution in [3.05, 3.63) is 132 Å². The predicted octanol–water partition coefficient (Wildman–Crippen LogP) is 12.3.